The molecule has 3 heteroatoms. The molecule has 0 aliphatic carbocycles. The molecule has 1 aromatic carbocycles. The molecule has 15 heavy (non-hydrogen) atoms. The van der Waals surface area contributed by atoms with Gasteiger partial charge in [0.15, 0.2) is 0 Å². The van der Waals surface area contributed by atoms with Crippen LogP contribution in [0.3, 0.4) is 0 Å². The Hall–Kier alpha value is -1.06. The molecule has 0 radical (unpaired) electrons. The number of rotatable bonds is 4. The van der Waals surface area contributed by atoms with Gasteiger partial charge in [-0.2, -0.15) is 0 Å². The summed E-state index contributed by atoms with van der Waals surface area (Å²) in [6, 6.07) is 8.22. The minimum Gasteiger partial charge on any atom is -0.487 e. The van der Waals surface area contributed by atoms with E-state index in [2.05, 4.69) is 23.3 Å². The molecule has 2 rings (SSSR count). The summed E-state index contributed by atoms with van der Waals surface area (Å²) in [6.45, 7) is 2.93. The zero-order valence-electron chi connectivity index (χ0n) is 9.36. The minimum atomic E-state index is 0.369. The van der Waals surface area contributed by atoms with Crippen LogP contribution in [0.2, 0.25) is 0 Å². The second-order valence-corrected chi connectivity index (χ2v) is 4.10. The predicted octanol–water partition coefficient (Wildman–Crippen LogP) is 1.10. The molecule has 0 unspecified atom stereocenters. The Balaban J connectivity index is 2.00. The number of ether oxygens (including phenoxy) is 1. The van der Waals surface area contributed by atoms with E-state index in [1.165, 1.54) is 5.56 Å². The largest absolute Gasteiger partial charge is 0.487 e. The van der Waals surface area contributed by atoms with Gasteiger partial charge in [0.1, 0.15) is 11.9 Å². The van der Waals surface area contributed by atoms with Gasteiger partial charge in [-0.05, 0) is 20.2 Å². The van der Waals surface area contributed by atoms with E-state index in [9.17, 15) is 0 Å². The fourth-order valence-corrected chi connectivity index (χ4v) is 1.85. The number of likely N-dealkylation sites (tertiary alicyclic amines) is 1. The maximum atomic E-state index is 5.92. The first kappa shape index (κ1) is 10.5. The fraction of sp³-hybridized carbons (Fsp3) is 0.500. The summed E-state index contributed by atoms with van der Waals surface area (Å²) in [5, 5.41) is 3.15. The van der Waals surface area contributed by atoms with Crippen LogP contribution < -0.4 is 10.1 Å². The summed E-state index contributed by atoms with van der Waals surface area (Å²) in [7, 11) is 4.06. The highest BCUT2D eigenvalue weighted by molar-refractivity contribution is 5.33. The molecule has 1 fully saturated rings. The summed E-state index contributed by atoms with van der Waals surface area (Å²) < 4.78 is 5.92. The number of nitrogens with one attached hydrogen (secondary N) is 1. The van der Waals surface area contributed by atoms with Crippen molar-refractivity contribution in [1.29, 1.82) is 0 Å². The maximum absolute atomic E-state index is 5.92. The van der Waals surface area contributed by atoms with E-state index in [1.54, 1.807) is 0 Å². The van der Waals surface area contributed by atoms with Gasteiger partial charge < -0.3 is 10.1 Å². The van der Waals surface area contributed by atoms with E-state index in [4.69, 9.17) is 4.74 Å². The van der Waals surface area contributed by atoms with Crippen molar-refractivity contribution in [2.24, 2.45) is 0 Å². The third-order valence-electron chi connectivity index (χ3n) is 2.66. The molecular weight excluding hydrogens is 188 g/mol. The number of hydrogen-bond acceptors (Lipinski definition) is 3. The van der Waals surface area contributed by atoms with E-state index in [0.717, 1.165) is 25.4 Å². The highest BCUT2D eigenvalue weighted by Crippen LogP contribution is 2.21. The van der Waals surface area contributed by atoms with Crippen molar-refractivity contribution < 1.29 is 4.74 Å². The Morgan fingerprint density at radius 3 is 2.80 bits per heavy atom. The van der Waals surface area contributed by atoms with E-state index < -0.39 is 0 Å². The number of para-hydroxylation sites is 1. The zero-order valence-corrected chi connectivity index (χ0v) is 9.36. The normalized spacial score (nSPS) is 17.5. The third kappa shape index (κ3) is 2.49. The van der Waals surface area contributed by atoms with Crippen LogP contribution in [0.25, 0.3) is 0 Å². The van der Waals surface area contributed by atoms with Crippen LogP contribution in [0, 0.1) is 0 Å². The standard InChI is InChI=1S/C12H18N2O/c1-13-7-10-5-3-4-6-12(10)15-11-8-14(2)9-11/h3-6,11,13H,7-9H2,1-2H3. The highest BCUT2D eigenvalue weighted by Gasteiger charge is 2.25. The highest BCUT2D eigenvalue weighted by atomic mass is 16.5. The van der Waals surface area contributed by atoms with Gasteiger partial charge in [0.05, 0.1) is 0 Å². The summed E-state index contributed by atoms with van der Waals surface area (Å²) in [6.07, 6.45) is 0.369. The van der Waals surface area contributed by atoms with Gasteiger partial charge in [0.2, 0.25) is 0 Å². The van der Waals surface area contributed by atoms with E-state index in [-0.39, 0.29) is 0 Å². The summed E-state index contributed by atoms with van der Waals surface area (Å²) in [5.74, 6) is 1.02. The van der Waals surface area contributed by atoms with Crippen LogP contribution in [-0.4, -0.2) is 38.2 Å². The Labute approximate surface area is 91.0 Å². The minimum absolute atomic E-state index is 0.369. The van der Waals surface area contributed by atoms with Crippen LogP contribution in [0.5, 0.6) is 5.75 Å². The predicted molar refractivity (Wildman–Crippen MR) is 61.1 cm³/mol. The molecule has 0 bridgehead atoms. The van der Waals surface area contributed by atoms with Crippen molar-refractivity contribution >= 4 is 0 Å². The lowest BCUT2D eigenvalue weighted by molar-refractivity contribution is 0.0381. The summed E-state index contributed by atoms with van der Waals surface area (Å²) in [5.41, 5.74) is 1.23. The van der Waals surface area contributed by atoms with Crippen LogP contribution >= 0.6 is 0 Å². The molecule has 1 aromatic rings. The number of benzene rings is 1. The first-order valence-electron chi connectivity index (χ1n) is 5.37. The number of likely N-dealkylation sites (N-methyl/N-ethyl adjacent to an activating group) is 1. The second-order valence-electron chi connectivity index (χ2n) is 4.10. The van der Waals surface area contributed by atoms with Gasteiger partial charge in [-0.25, -0.2) is 0 Å². The SMILES string of the molecule is CNCc1ccccc1OC1CN(C)C1. The van der Waals surface area contributed by atoms with Gasteiger partial charge in [-0.15, -0.1) is 0 Å². The Morgan fingerprint density at radius 1 is 1.40 bits per heavy atom. The first-order valence-corrected chi connectivity index (χ1v) is 5.37. The van der Waals surface area contributed by atoms with Gasteiger partial charge in [0.25, 0.3) is 0 Å². The van der Waals surface area contributed by atoms with Crippen molar-refractivity contribution in [3.63, 3.8) is 0 Å². The van der Waals surface area contributed by atoms with E-state index in [0.29, 0.717) is 6.10 Å². The van der Waals surface area contributed by atoms with Gasteiger partial charge >= 0.3 is 0 Å². The summed E-state index contributed by atoms with van der Waals surface area (Å²) >= 11 is 0. The van der Waals surface area contributed by atoms with Crippen LogP contribution in [0.15, 0.2) is 24.3 Å². The lowest BCUT2D eigenvalue weighted by atomic mass is 10.1. The monoisotopic (exact) mass is 206 g/mol. The molecule has 0 spiro atoms. The molecule has 1 saturated heterocycles. The van der Waals surface area contributed by atoms with Crippen molar-refractivity contribution in [1.82, 2.24) is 10.2 Å². The fourth-order valence-electron chi connectivity index (χ4n) is 1.85. The molecule has 0 amide bonds. The Kier molecular flexibility index (Phi) is 3.23. The molecule has 0 aromatic heterocycles. The molecule has 1 aliphatic heterocycles. The van der Waals surface area contributed by atoms with E-state index >= 15 is 0 Å². The Bertz CT molecular complexity index is 321. The van der Waals surface area contributed by atoms with Gasteiger partial charge in [0, 0.05) is 25.2 Å². The van der Waals surface area contributed by atoms with Gasteiger partial charge in [-0.3, -0.25) is 4.90 Å². The molecule has 3 nitrogen and oxygen atoms in total. The lowest BCUT2D eigenvalue weighted by Crippen LogP contribution is -2.51. The smallest absolute Gasteiger partial charge is 0.124 e. The molecule has 1 aliphatic rings. The average molecular weight is 206 g/mol. The third-order valence-corrected chi connectivity index (χ3v) is 2.66. The first-order chi connectivity index (χ1) is 7.29. The van der Waals surface area contributed by atoms with Crippen LogP contribution in [0.4, 0.5) is 0 Å². The van der Waals surface area contributed by atoms with Crippen molar-refractivity contribution in [3.8, 4) is 5.75 Å². The zero-order chi connectivity index (χ0) is 10.7. The van der Waals surface area contributed by atoms with Crippen LogP contribution in [-0.2, 0) is 6.54 Å². The van der Waals surface area contributed by atoms with Crippen LogP contribution in [0.1, 0.15) is 5.56 Å². The van der Waals surface area contributed by atoms with Gasteiger partial charge in [-0.1, -0.05) is 18.2 Å². The molecule has 1 heterocycles. The molecule has 0 atom stereocenters. The second kappa shape index (κ2) is 4.64. The van der Waals surface area contributed by atoms with Crippen molar-refractivity contribution in [3.05, 3.63) is 29.8 Å². The molecular formula is C12H18N2O. The maximum Gasteiger partial charge on any atom is 0.124 e. The quantitative estimate of drug-likeness (QED) is 0.798. The molecule has 82 valence electrons. The lowest BCUT2D eigenvalue weighted by Gasteiger charge is -2.36. The number of hydrogen-bond donors (Lipinski definition) is 1. The molecule has 1 N–H and O–H groups in total. The Morgan fingerprint density at radius 2 is 2.13 bits per heavy atom. The van der Waals surface area contributed by atoms with E-state index in [1.807, 2.05) is 25.2 Å². The average Bonchev–Trinajstić information content (AvgIpc) is 2.19. The van der Waals surface area contributed by atoms with Crippen molar-refractivity contribution in [2.75, 3.05) is 27.2 Å². The topological polar surface area (TPSA) is 24.5 Å². The van der Waals surface area contributed by atoms with Crippen molar-refractivity contribution in [2.45, 2.75) is 12.6 Å². The number of nitrogens with zero attached hydrogens (tertiary/aromatic N) is 1. The molecule has 0 saturated carbocycles. The summed E-state index contributed by atoms with van der Waals surface area (Å²) in [4.78, 5) is 2.26.